The second-order valence-electron chi connectivity index (χ2n) is 6.39. The maximum atomic E-state index is 14.0. The Hall–Kier alpha value is -1.44. The molecule has 2 unspecified atom stereocenters. The molecule has 2 atom stereocenters. The van der Waals surface area contributed by atoms with Gasteiger partial charge in [-0.3, -0.25) is 4.90 Å². The summed E-state index contributed by atoms with van der Waals surface area (Å²) in [5.74, 6) is 0.468. The third-order valence-corrected chi connectivity index (χ3v) is 5.01. The minimum Gasteiger partial charge on any atom is -0.303 e. The molecular weight excluding hydrogens is 265 g/mol. The van der Waals surface area contributed by atoms with Gasteiger partial charge in [0.15, 0.2) is 0 Å². The molecule has 0 aliphatic carbocycles. The van der Waals surface area contributed by atoms with Crippen LogP contribution >= 0.6 is 0 Å². The topological polar surface area (TPSA) is 30.3 Å². The minimum atomic E-state index is -0.253. The summed E-state index contributed by atoms with van der Waals surface area (Å²) >= 11 is 0. The van der Waals surface area contributed by atoms with Crippen molar-refractivity contribution in [2.75, 3.05) is 26.7 Å². The maximum Gasteiger partial charge on any atom is 0.129 e. The van der Waals surface area contributed by atoms with Crippen molar-refractivity contribution < 1.29 is 4.39 Å². The second kappa shape index (κ2) is 6.13. The highest BCUT2D eigenvalue weighted by Crippen LogP contribution is 2.30. The van der Waals surface area contributed by atoms with Crippen molar-refractivity contribution in [3.63, 3.8) is 0 Å². The molecule has 3 nitrogen and oxygen atoms in total. The molecule has 0 spiro atoms. The van der Waals surface area contributed by atoms with Gasteiger partial charge in [-0.15, -0.1) is 0 Å². The second-order valence-corrected chi connectivity index (χ2v) is 6.39. The van der Waals surface area contributed by atoms with E-state index in [0.717, 1.165) is 19.0 Å². The van der Waals surface area contributed by atoms with E-state index in [9.17, 15) is 4.39 Å². The number of rotatable bonds is 2. The molecule has 0 radical (unpaired) electrons. The molecule has 21 heavy (non-hydrogen) atoms. The first kappa shape index (κ1) is 14.5. The third-order valence-electron chi connectivity index (χ3n) is 5.01. The standard InChI is InChI=1S/C17H22FN3/c1-20-7-2-3-15-12-21(8-6-17(15)20)11-14-5-4-13(10-19)9-16(14)18/h4-5,9,15,17H,2-3,6-8,11-12H2,1H3. The number of fused-ring (bicyclic) bond motifs is 1. The molecule has 0 bridgehead atoms. The summed E-state index contributed by atoms with van der Waals surface area (Å²) < 4.78 is 14.0. The molecule has 3 rings (SSSR count). The van der Waals surface area contributed by atoms with Crippen LogP contribution in [0.1, 0.15) is 30.4 Å². The van der Waals surface area contributed by atoms with E-state index in [4.69, 9.17) is 5.26 Å². The molecule has 1 aromatic carbocycles. The van der Waals surface area contributed by atoms with Crippen LogP contribution in [0.15, 0.2) is 18.2 Å². The molecule has 1 aromatic rings. The van der Waals surface area contributed by atoms with E-state index in [1.54, 1.807) is 12.1 Å². The van der Waals surface area contributed by atoms with Crippen LogP contribution in [0, 0.1) is 23.1 Å². The van der Waals surface area contributed by atoms with Gasteiger partial charge in [-0.2, -0.15) is 5.26 Å². The zero-order valence-corrected chi connectivity index (χ0v) is 12.6. The van der Waals surface area contributed by atoms with Crippen LogP contribution in [0.3, 0.4) is 0 Å². The average Bonchev–Trinajstić information content (AvgIpc) is 2.49. The summed E-state index contributed by atoms with van der Waals surface area (Å²) in [4.78, 5) is 4.86. The Labute approximate surface area is 126 Å². The van der Waals surface area contributed by atoms with Crippen LogP contribution < -0.4 is 0 Å². The quantitative estimate of drug-likeness (QED) is 0.837. The van der Waals surface area contributed by atoms with E-state index in [0.29, 0.717) is 23.7 Å². The van der Waals surface area contributed by atoms with Gasteiger partial charge in [-0.05, 0) is 57.5 Å². The molecule has 2 aliphatic heterocycles. The Kier molecular flexibility index (Phi) is 4.23. The smallest absolute Gasteiger partial charge is 0.129 e. The number of piperidine rings is 2. The fourth-order valence-corrected chi connectivity index (χ4v) is 3.86. The normalized spacial score (nSPS) is 27.1. The number of likely N-dealkylation sites (tertiary alicyclic amines) is 2. The van der Waals surface area contributed by atoms with Crippen molar-refractivity contribution >= 4 is 0 Å². The molecule has 0 amide bonds. The Morgan fingerprint density at radius 2 is 2.19 bits per heavy atom. The Morgan fingerprint density at radius 3 is 2.95 bits per heavy atom. The fourth-order valence-electron chi connectivity index (χ4n) is 3.86. The van der Waals surface area contributed by atoms with Crippen LogP contribution in [0.5, 0.6) is 0 Å². The third kappa shape index (κ3) is 3.09. The van der Waals surface area contributed by atoms with Crippen LogP contribution in [0.2, 0.25) is 0 Å². The van der Waals surface area contributed by atoms with Gasteiger partial charge in [0.2, 0.25) is 0 Å². The summed E-state index contributed by atoms with van der Waals surface area (Å²) in [6.07, 6.45) is 3.75. The predicted octanol–water partition coefficient (Wildman–Crippen LogP) is 2.61. The van der Waals surface area contributed by atoms with Gasteiger partial charge in [-0.1, -0.05) is 6.07 Å². The molecule has 0 N–H and O–H groups in total. The lowest BCUT2D eigenvalue weighted by molar-refractivity contribution is 0.0351. The van der Waals surface area contributed by atoms with Crippen molar-refractivity contribution in [2.24, 2.45) is 5.92 Å². The fraction of sp³-hybridized carbons (Fsp3) is 0.588. The van der Waals surface area contributed by atoms with Gasteiger partial charge < -0.3 is 4.90 Å². The van der Waals surface area contributed by atoms with E-state index in [1.807, 2.05) is 6.07 Å². The Morgan fingerprint density at radius 1 is 1.33 bits per heavy atom. The van der Waals surface area contributed by atoms with E-state index in [1.165, 1.54) is 31.9 Å². The van der Waals surface area contributed by atoms with E-state index in [2.05, 4.69) is 16.8 Å². The number of benzene rings is 1. The molecular formula is C17H22FN3. The van der Waals surface area contributed by atoms with Crippen molar-refractivity contribution in [1.29, 1.82) is 5.26 Å². The van der Waals surface area contributed by atoms with Crippen LogP contribution in [-0.2, 0) is 6.54 Å². The molecule has 2 saturated heterocycles. The lowest BCUT2D eigenvalue weighted by Crippen LogP contribution is -2.52. The molecule has 112 valence electrons. The average molecular weight is 287 g/mol. The first-order valence-corrected chi connectivity index (χ1v) is 7.78. The van der Waals surface area contributed by atoms with Gasteiger partial charge in [0.25, 0.3) is 0 Å². The summed E-state index contributed by atoms with van der Waals surface area (Å²) in [6.45, 7) is 3.97. The molecule has 2 aliphatic rings. The molecule has 0 saturated carbocycles. The summed E-state index contributed by atoms with van der Waals surface area (Å²) in [5.41, 5.74) is 1.10. The lowest BCUT2D eigenvalue weighted by atomic mass is 9.84. The van der Waals surface area contributed by atoms with E-state index in [-0.39, 0.29) is 5.82 Å². The zero-order chi connectivity index (χ0) is 14.8. The minimum absolute atomic E-state index is 0.253. The highest BCUT2D eigenvalue weighted by molar-refractivity contribution is 5.32. The number of hydrogen-bond donors (Lipinski definition) is 0. The van der Waals surface area contributed by atoms with Crippen LogP contribution in [-0.4, -0.2) is 42.5 Å². The van der Waals surface area contributed by atoms with E-state index >= 15 is 0 Å². The van der Waals surface area contributed by atoms with Gasteiger partial charge in [-0.25, -0.2) is 4.39 Å². The zero-order valence-electron chi connectivity index (χ0n) is 12.6. The van der Waals surface area contributed by atoms with Crippen molar-refractivity contribution in [1.82, 2.24) is 9.80 Å². The van der Waals surface area contributed by atoms with Crippen molar-refractivity contribution in [3.8, 4) is 6.07 Å². The first-order valence-electron chi connectivity index (χ1n) is 7.78. The highest BCUT2D eigenvalue weighted by Gasteiger charge is 2.34. The number of hydrogen-bond acceptors (Lipinski definition) is 3. The highest BCUT2D eigenvalue weighted by atomic mass is 19.1. The predicted molar refractivity (Wildman–Crippen MR) is 80.2 cm³/mol. The summed E-state index contributed by atoms with van der Waals surface area (Å²) in [6, 6.07) is 7.50. The summed E-state index contributed by atoms with van der Waals surface area (Å²) in [5, 5.41) is 8.80. The van der Waals surface area contributed by atoms with Gasteiger partial charge in [0.05, 0.1) is 11.6 Å². The molecule has 2 fully saturated rings. The molecule has 2 heterocycles. The van der Waals surface area contributed by atoms with Crippen LogP contribution in [0.25, 0.3) is 0 Å². The van der Waals surface area contributed by atoms with Crippen molar-refractivity contribution in [3.05, 3.63) is 35.1 Å². The van der Waals surface area contributed by atoms with Gasteiger partial charge in [0.1, 0.15) is 5.82 Å². The monoisotopic (exact) mass is 287 g/mol. The number of halogens is 1. The number of nitrogens with zero attached hydrogens (tertiary/aromatic N) is 3. The SMILES string of the molecule is CN1CCCC2CN(Cc3ccc(C#N)cc3F)CCC21. The Bertz CT molecular complexity index is 551. The largest absolute Gasteiger partial charge is 0.303 e. The summed E-state index contributed by atoms with van der Waals surface area (Å²) in [7, 11) is 2.23. The number of nitriles is 1. The van der Waals surface area contributed by atoms with Crippen molar-refractivity contribution in [2.45, 2.75) is 31.8 Å². The maximum absolute atomic E-state index is 14.0. The van der Waals surface area contributed by atoms with E-state index < -0.39 is 0 Å². The first-order chi connectivity index (χ1) is 10.2. The van der Waals surface area contributed by atoms with Crippen LogP contribution in [0.4, 0.5) is 4.39 Å². The molecule has 4 heteroatoms. The molecule has 0 aromatic heterocycles. The van der Waals surface area contributed by atoms with Gasteiger partial charge >= 0.3 is 0 Å². The lowest BCUT2D eigenvalue weighted by Gasteiger charge is -2.46. The Balaban J connectivity index is 1.65. The van der Waals surface area contributed by atoms with Gasteiger partial charge in [0, 0.05) is 24.7 Å².